The quantitative estimate of drug-likeness (QED) is 0.702. The first-order valence-electron chi connectivity index (χ1n) is 3.72. The lowest BCUT2D eigenvalue weighted by molar-refractivity contribution is 0.756. The largest absolute Gasteiger partial charge is 0.328 e. The molecule has 0 radical (unpaired) electrons. The van der Waals surface area contributed by atoms with E-state index in [0.29, 0.717) is 0 Å². The molecule has 2 rings (SSSR count). The van der Waals surface area contributed by atoms with Gasteiger partial charge in [-0.3, -0.25) is 0 Å². The predicted molar refractivity (Wildman–Crippen MR) is 48.2 cm³/mol. The molecule has 2 aromatic heterocycles. The summed E-state index contributed by atoms with van der Waals surface area (Å²) in [5.41, 5.74) is 0. The summed E-state index contributed by atoms with van der Waals surface area (Å²) in [6, 6.07) is 0. The molecule has 2 aromatic rings. The normalized spacial score (nSPS) is 10.4. The third-order valence-corrected chi connectivity index (χ3v) is 2.48. The Bertz CT molecular complexity index is 350. The summed E-state index contributed by atoms with van der Waals surface area (Å²) in [4.78, 5) is 8.34. The van der Waals surface area contributed by atoms with Gasteiger partial charge in [0.2, 0.25) is 0 Å². The van der Waals surface area contributed by atoms with Gasteiger partial charge in [-0.2, -0.15) is 0 Å². The maximum absolute atomic E-state index is 4.20. The summed E-state index contributed by atoms with van der Waals surface area (Å²) < 4.78 is 2.08. The monoisotopic (exact) mass is 179 g/mol. The second-order valence-electron chi connectivity index (χ2n) is 2.53. The molecule has 0 fully saturated rings. The number of aryl methyl sites for hydroxylation is 1. The Balaban J connectivity index is 2.20. The molecule has 62 valence electrons. The van der Waals surface area contributed by atoms with Crippen molar-refractivity contribution in [3.05, 3.63) is 34.8 Å². The average molecular weight is 179 g/mol. The number of aromatic nitrogens is 3. The topological polar surface area (TPSA) is 30.7 Å². The number of thiazole rings is 1. The van der Waals surface area contributed by atoms with E-state index in [1.807, 2.05) is 30.9 Å². The minimum Gasteiger partial charge on any atom is -0.328 e. The molecule has 0 aliphatic heterocycles. The second-order valence-corrected chi connectivity index (χ2v) is 3.51. The highest BCUT2D eigenvalue weighted by atomic mass is 32.1. The van der Waals surface area contributed by atoms with Gasteiger partial charge in [-0.25, -0.2) is 9.97 Å². The van der Waals surface area contributed by atoms with E-state index in [1.54, 1.807) is 11.3 Å². The van der Waals surface area contributed by atoms with Crippen LogP contribution in [0.25, 0.3) is 0 Å². The van der Waals surface area contributed by atoms with E-state index < -0.39 is 0 Å². The molecule has 0 bridgehead atoms. The van der Waals surface area contributed by atoms with E-state index in [0.717, 1.165) is 17.4 Å². The van der Waals surface area contributed by atoms with E-state index in [2.05, 4.69) is 14.5 Å². The maximum atomic E-state index is 4.20. The minimum atomic E-state index is 0.837. The minimum absolute atomic E-state index is 0.837. The van der Waals surface area contributed by atoms with Crippen molar-refractivity contribution >= 4 is 11.3 Å². The van der Waals surface area contributed by atoms with Gasteiger partial charge in [0.1, 0.15) is 10.8 Å². The van der Waals surface area contributed by atoms with Gasteiger partial charge in [0.25, 0.3) is 0 Å². The van der Waals surface area contributed by atoms with Crippen LogP contribution in [0, 0.1) is 6.92 Å². The average Bonchev–Trinajstić information content (AvgIpc) is 2.65. The molecule has 0 atom stereocenters. The summed E-state index contributed by atoms with van der Waals surface area (Å²) in [7, 11) is 0. The van der Waals surface area contributed by atoms with Crippen LogP contribution in [0.4, 0.5) is 0 Å². The summed E-state index contributed by atoms with van der Waals surface area (Å²) in [5.74, 6) is 1.03. The zero-order chi connectivity index (χ0) is 8.39. The SMILES string of the molecule is Cc1nccn1Cc1nccs1. The van der Waals surface area contributed by atoms with Gasteiger partial charge in [0.05, 0.1) is 6.54 Å². The van der Waals surface area contributed by atoms with Crippen molar-refractivity contribution in [2.75, 3.05) is 0 Å². The van der Waals surface area contributed by atoms with Gasteiger partial charge in [-0.1, -0.05) is 0 Å². The lowest BCUT2D eigenvalue weighted by atomic mass is 10.6. The van der Waals surface area contributed by atoms with E-state index in [9.17, 15) is 0 Å². The first kappa shape index (κ1) is 7.49. The van der Waals surface area contributed by atoms with Crippen LogP contribution in [0.5, 0.6) is 0 Å². The number of nitrogens with zero attached hydrogens (tertiary/aromatic N) is 3. The van der Waals surface area contributed by atoms with Gasteiger partial charge in [0.15, 0.2) is 0 Å². The molecule has 0 aromatic carbocycles. The number of hydrogen-bond acceptors (Lipinski definition) is 3. The van der Waals surface area contributed by atoms with Crippen LogP contribution in [0.1, 0.15) is 10.8 Å². The van der Waals surface area contributed by atoms with Gasteiger partial charge in [-0.15, -0.1) is 11.3 Å². The number of hydrogen-bond donors (Lipinski definition) is 0. The molecule has 0 spiro atoms. The fourth-order valence-electron chi connectivity index (χ4n) is 1.05. The standard InChI is InChI=1S/C8H9N3S/c1-7-9-2-4-11(7)6-8-10-3-5-12-8/h2-5H,6H2,1H3. The Kier molecular flexibility index (Phi) is 1.91. The van der Waals surface area contributed by atoms with Crippen LogP contribution >= 0.6 is 11.3 Å². The zero-order valence-corrected chi connectivity index (χ0v) is 7.58. The van der Waals surface area contributed by atoms with Gasteiger partial charge in [-0.05, 0) is 6.92 Å². The van der Waals surface area contributed by atoms with Crippen LogP contribution in [0.3, 0.4) is 0 Å². The predicted octanol–water partition coefficient (Wildman–Crippen LogP) is 1.70. The van der Waals surface area contributed by atoms with Gasteiger partial charge >= 0.3 is 0 Å². The van der Waals surface area contributed by atoms with Crippen molar-refractivity contribution < 1.29 is 0 Å². The summed E-state index contributed by atoms with van der Waals surface area (Å²) in [6.07, 6.45) is 5.60. The van der Waals surface area contributed by atoms with Gasteiger partial charge in [0, 0.05) is 24.0 Å². The molecular formula is C8H9N3S. The van der Waals surface area contributed by atoms with Crippen LogP contribution in [-0.2, 0) is 6.54 Å². The molecule has 0 N–H and O–H groups in total. The molecule has 0 saturated carbocycles. The zero-order valence-electron chi connectivity index (χ0n) is 6.77. The molecule has 0 aliphatic rings. The highest BCUT2D eigenvalue weighted by Crippen LogP contribution is 2.07. The van der Waals surface area contributed by atoms with Gasteiger partial charge < -0.3 is 4.57 Å². The molecule has 0 unspecified atom stereocenters. The number of imidazole rings is 1. The Labute approximate surface area is 74.7 Å². The molecule has 4 heteroatoms. The molecular weight excluding hydrogens is 170 g/mol. The van der Waals surface area contributed by atoms with Crippen molar-refractivity contribution in [1.29, 1.82) is 0 Å². The fourth-order valence-corrected chi connectivity index (χ4v) is 1.66. The molecule has 12 heavy (non-hydrogen) atoms. The van der Waals surface area contributed by atoms with Crippen LogP contribution in [0.15, 0.2) is 24.0 Å². The van der Waals surface area contributed by atoms with E-state index in [-0.39, 0.29) is 0 Å². The Morgan fingerprint density at radius 2 is 2.33 bits per heavy atom. The lowest BCUT2D eigenvalue weighted by Gasteiger charge is -1.99. The summed E-state index contributed by atoms with van der Waals surface area (Å²) in [6.45, 7) is 2.83. The molecule has 0 amide bonds. The summed E-state index contributed by atoms with van der Waals surface area (Å²) in [5, 5.41) is 3.11. The van der Waals surface area contributed by atoms with Crippen LogP contribution in [-0.4, -0.2) is 14.5 Å². The van der Waals surface area contributed by atoms with E-state index >= 15 is 0 Å². The van der Waals surface area contributed by atoms with Crippen molar-refractivity contribution in [2.45, 2.75) is 13.5 Å². The van der Waals surface area contributed by atoms with Crippen molar-refractivity contribution in [1.82, 2.24) is 14.5 Å². The third-order valence-electron chi connectivity index (χ3n) is 1.71. The molecule has 0 saturated heterocycles. The maximum Gasteiger partial charge on any atom is 0.112 e. The Morgan fingerprint density at radius 1 is 1.42 bits per heavy atom. The van der Waals surface area contributed by atoms with Crippen molar-refractivity contribution in [3.8, 4) is 0 Å². The van der Waals surface area contributed by atoms with Crippen LogP contribution < -0.4 is 0 Å². The third kappa shape index (κ3) is 1.38. The smallest absolute Gasteiger partial charge is 0.112 e. The Hall–Kier alpha value is -1.16. The molecule has 0 aliphatic carbocycles. The second kappa shape index (κ2) is 3.06. The van der Waals surface area contributed by atoms with Crippen molar-refractivity contribution in [2.24, 2.45) is 0 Å². The van der Waals surface area contributed by atoms with Crippen LogP contribution in [0.2, 0.25) is 0 Å². The fraction of sp³-hybridized carbons (Fsp3) is 0.250. The highest BCUT2D eigenvalue weighted by Gasteiger charge is 1.99. The highest BCUT2D eigenvalue weighted by molar-refractivity contribution is 7.09. The first-order chi connectivity index (χ1) is 5.86. The summed E-state index contributed by atoms with van der Waals surface area (Å²) >= 11 is 1.67. The van der Waals surface area contributed by atoms with Crippen molar-refractivity contribution in [3.63, 3.8) is 0 Å². The number of rotatable bonds is 2. The van der Waals surface area contributed by atoms with E-state index in [1.165, 1.54) is 0 Å². The molecule has 3 nitrogen and oxygen atoms in total. The Morgan fingerprint density at radius 3 is 2.92 bits per heavy atom. The van der Waals surface area contributed by atoms with E-state index in [4.69, 9.17) is 0 Å². The lowest BCUT2D eigenvalue weighted by Crippen LogP contribution is -1.99. The first-order valence-corrected chi connectivity index (χ1v) is 4.60. The molecule has 2 heterocycles.